The monoisotopic (exact) mass is 320 g/mol. The second-order valence-corrected chi connectivity index (χ2v) is 6.82. The fourth-order valence-corrected chi connectivity index (χ4v) is 4.56. The summed E-state index contributed by atoms with van der Waals surface area (Å²) in [7, 11) is 0. The molecule has 0 aliphatic rings. The first-order valence-electron chi connectivity index (χ1n) is 4.52. The van der Waals surface area contributed by atoms with E-state index < -0.39 is 0 Å². The Kier molecular flexibility index (Phi) is 3.56. The fraction of sp³-hybridized carbons (Fsp3) is 0.273. The van der Waals surface area contributed by atoms with E-state index in [1.165, 1.54) is 16.0 Å². The average molecular weight is 322 g/mol. The van der Waals surface area contributed by atoms with Gasteiger partial charge in [0, 0.05) is 4.88 Å². The number of hydrogen-bond acceptors (Lipinski definition) is 2. The van der Waals surface area contributed by atoms with E-state index in [4.69, 9.17) is 11.6 Å². The maximum absolute atomic E-state index is 6.07. The number of aryl methyl sites for hydroxylation is 2. The summed E-state index contributed by atoms with van der Waals surface area (Å²) < 4.78 is 0.891. The minimum absolute atomic E-state index is 0.278. The van der Waals surface area contributed by atoms with Gasteiger partial charge in [-0.2, -0.15) is 11.3 Å². The van der Waals surface area contributed by atoms with E-state index in [-0.39, 0.29) is 4.83 Å². The van der Waals surface area contributed by atoms with Crippen molar-refractivity contribution >= 4 is 50.2 Å². The molecule has 2 aromatic heterocycles. The predicted molar refractivity (Wildman–Crippen MR) is 73.9 cm³/mol. The molecule has 15 heavy (non-hydrogen) atoms. The van der Waals surface area contributed by atoms with Gasteiger partial charge in [0.25, 0.3) is 0 Å². The highest BCUT2D eigenvalue weighted by molar-refractivity contribution is 9.09. The zero-order valence-electron chi connectivity index (χ0n) is 8.38. The lowest BCUT2D eigenvalue weighted by atomic mass is 10.1. The molecule has 1 atom stereocenters. The third-order valence-electron chi connectivity index (χ3n) is 2.29. The minimum atomic E-state index is 0.278. The van der Waals surface area contributed by atoms with Crippen molar-refractivity contribution in [3.8, 4) is 0 Å². The van der Waals surface area contributed by atoms with Crippen LogP contribution in [0.15, 0.2) is 16.8 Å². The Morgan fingerprint density at radius 3 is 2.47 bits per heavy atom. The fourth-order valence-electron chi connectivity index (χ4n) is 1.39. The van der Waals surface area contributed by atoms with Crippen LogP contribution in [0.4, 0.5) is 0 Å². The first kappa shape index (κ1) is 11.6. The Labute approximate surface area is 111 Å². The highest BCUT2D eigenvalue weighted by Crippen LogP contribution is 2.40. The van der Waals surface area contributed by atoms with Gasteiger partial charge in [-0.1, -0.05) is 27.5 Å². The van der Waals surface area contributed by atoms with Crippen LogP contribution in [0.5, 0.6) is 0 Å². The average Bonchev–Trinajstić information content (AvgIpc) is 2.74. The van der Waals surface area contributed by atoms with Crippen molar-refractivity contribution in [2.24, 2.45) is 0 Å². The third kappa shape index (κ3) is 2.31. The molecule has 0 bridgehead atoms. The van der Waals surface area contributed by atoms with Gasteiger partial charge in [-0.15, -0.1) is 11.3 Å². The highest BCUT2D eigenvalue weighted by atomic mass is 79.9. The van der Waals surface area contributed by atoms with Crippen LogP contribution in [0.2, 0.25) is 4.34 Å². The molecule has 0 aliphatic heterocycles. The molecule has 0 amide bonds. The molecule has 80 valence electrons. The zero-order valence-corrected chi connectivity index (χ0v) is 12.4. The molecule has 0 aliphatic carbocycles. The molecular formula is C11H10BrClS2. The maximum atomic E-state index is 6.07. The van der Waals surface area contributed by atoms with Gasteiger partial charge >= 0.3 is 0 Å². The Hall–Kier alpha value is 0.170. The van der Waals surface area contributed by atoms with Crippen molar-refractivity contribution in [1.29, 1.82) is 0 Å². The summed E-state index contributed by atoms with van der Waals surface area (Å²) in [6, 6.07) is 2.16. The van der Waals surface area contributed by atoms with E-state index in [1.54, 1.807) is 22.7 Å². The van der Waals surface area contributed by atoms with Crippen LogP contribution in [-0.2, 0) is 0 Å². The molecule has 0 spiro atoms. The van der Waals surface area contributed by atoms with Gasteiger partial charge in [0.05, 0.1) is 9.16 Å². The molecule has 4 heteroatoms. The normalized spacial score (nSPS) is 13.1. The van der Waals surface area contributed by atoms with Crippen molar-refractivity contribution in [2.45, 2.75) is 18.7 Å². The molecule has 0 radical (unpaired) electrons. The molecule has 0 saturated carbocycles. The van der Waals surface area contributed by atoms with Gasteiger partial charge in [-0.3, -0.25) is 0 Å². The number of thiophene rings is 2. The smallest absolute Gasteiger partial charge is 0.0960 e. The molecule has 0 nitrogen and oxygen atoms in total. The molecular weight excluding hydrogens is 312 g/mol. The van der Waals surface area contributed by atoms with E-state index in [0.717, 1.165) is 9.90 Å². The first-order valence-corrected chi connectivity index (χ1v) is 7.57. The topological polar surface area (TPSA) is 0 Å². The lowest BCUT2D eigenvalue weighted by molar-refractivity contribution is 1.20. The largest absolute Gasteiger partial charge is 0.152 e. The third-order valence-corrected chi connectivity index (χ3v) is 6.08. The molecule has 2 heterocycles. The number of hydrogen-bond donors (Lipinski definition) is 0. The van der Waals surface area contributed by atoms with Crippen molar-refractivity contribution in [2.75, 3.05) is 0 Å². The van der Waals surface area contributed by atoms with Crippen LogP contribution >= 0.6 is 50.2 Å². The van der Waals surface area contributed by atoms with Crippen LogP contribution in [-0.4, -0.2) is 0 Å². The molecule has 2 aromatic rings. The first-order chi connectivity index (χ1) is 7.09. The molecule has 0 fully saturated rings. The molecule has 0 saturated heterocycles. The van der Waals surface area contributed by atoms with Crippen LogP contribution in [0.1, 0.15) is 26.4 Å². The van der Waals surface area contributed by atoms with E-state index in [2.05, 4.69) is 39.7 Å². The summed E-state index contributed by atoms with van der Waals surface area (Å²) >= 11 is 13.2. The van der Waals surface area contributed by atoms with Crippen molar-refractivity contribution in [3.05, 3.63) is 42.7 Å². The molecule has 1 unspecified atom stereocenters. The summed E-state index contributed by atoms with van der Waals surface area (Å²) in [6.45, 7) is 4.19. The summed E-state index contributed by atoms with van der Waals surface area (Å²) in [5.74, 6) is 0. The van der Waals surface area contributed by atoms with Gasteiger partial charge in [0.2, 0.25) is 0 Å². The van der Waals surface area contributed by atoms with Crippen molar-refractivity contribution in [3.63, 3.8) is 0 Å². The second kappa shape index (κ2) is 4.58. The zero-order chi connectivity index (χ0) is 11.0. The molecule has 0 N–H and O–H groups in total. The number of alkyl halides is 1. The van der Waals surface area contributed by atoms with Gasteiger partial charge < -0.3 is 0 Å². The van der Waals surface area contributed by atoms with Gasteiger partial charge in [0.1, 0.15) is 0 Å². The van der Waals surface area contributed by atoms with Crippen molar-refractivity contribution in [1.82, 2.24) is 0 Å². The van der Waals surface area contributed by atoms with E-state index >= 15 is 0 Å². The summed E-state index contributed by atoms with van der Waals surface area (Å²) in [5.41, 5.74) is 3.84. The Bertz CT molecular complexity index is 453. The number of rotatable bonds is 2. The summed E-state index contributed by atoms with van der Waals surface area (Å²) in [4.78, 5) is 1.55. The van der Waals surface area contributed by atoms with Gasteiger partial charge in [-0.25, -0.2) is 0 Å². The van der Waals surface area contributed by atoms with Crippen LogP contribution < -0.4 is 0 Å². The lowest BCUT2D eigenvalue weighted by Gasteiger charge is -2.06. The van der Waals surface area contributed by atoms with E-state index in [9.17, 15) is 0 Å². The Balaban J connectivity index is 2.36. The van der Waals surface area contributed by atoms with Crippen LogP contribution in [0, 0.1) is 13.8 Å². The number of halogens is 2. The van der Waals surface area contributed by atoms with Crippen molar-refractivity contribution < 1.29 is 0 Å². The highest BCUT2D eigenvalue weighted by Gasteiger charge is 2.16. The minimum Gasteiger partial charge on any atom is -0.152 e. The maximum Gasteiger partial charge on any atom is 0.0960 e. The Morgan fingerprint density at radius 1 is 1.27 bits per heavy atom. The van der Waals surface area contributed by atoms with Gasteiger partial charge in [0.15, 0.2) is 0 Å². The predicted octanol–water partition coefficient (Wildman–Crippen LogP) is 5.56. The second-order valence-electron chi connectivity index (χ2n) is 3.48. The van der Waals surface area contributed by atoms with Gasteiger partial charge in [-0.05, 0) is 47.4 Å². The summed E-state index contributed by atoms with van der Waals surface area (Å²) in [6.07, 6.45) is 0. The standard InChI is InChI=1S/C11H10BrClS2/c1-6-3-9(15-11(6)13)10(12)8-5-14-4-7(8)2/h3-5,10H,1-2H3. The summed E-state index contributed by atoms with van der Waals surface area (Å²) in [5, 5.41) is 4.36. The SMILES string of the molecule is Cc1cscc1C(Br)c1cc(C)c(Cl)s1. The van der Waals surface area contributed by atoms with Crippen LogP contribution in [0.3, 0.4) is 0 Å². The quantitative estimate of drug-likeness (QED) is 0.635. The Morgan fingerprint density at radius 2 is 2.00 bits per heavy atom. The molecule has 2 rings (SSSR count). The lowest BCUT2D eigenvalue weighted by Crippen LogP contribution is -1.88. The van der Waals surface area contributed by atoms with Crippen LogP contribution in [0.25, 0.3) is 0 Å². The van der Waals surface area contributed by atoms with E-state index in [1.807, 2.05) is 6.92 Å². The van der Waals surface area contributed by atoms with E-state index in [0.29, 0.717) is 0 Å². The molecule has 0 aromatic carbocycles.